The Morgan fingerprint density at radius 3 is 2.31 bits per heavy atom. The van der Waals surface area contributed by atoms with Gasteiger partial charge in [-0.3, -0.25) is 10.1 Å². The van der Waals surface area contributed by atoms with Crippen molar-refractivity contribution in [1.82, 2.24) is 10.2 Å². The molecular weight excluding hydrogens is 188 g/mol. The van der Waals surface area contributed by atoms with Crippen LogP contribution in [0.2, 0.25) is 0 Å². The summed E-state index contributed by atoms with van der Waals surface area (Å²) in [5.74, 6) is 0.101. The van der Waals surface area contributed by atoms with E-state index in [1.165, 1.54) is 4.90 Å². The number of urea groups is 1. The zero-order chi connectivity index (χ0) is 10.2. The molecule has 1 N–H and O–H groups in total. The van der Waals surface area contributed by atoms with Gasteiger partial charge in [-0.1, -0.05) is 0 Å². The summed E-state index contributed by atoms with van der Waals surface area (Å²) < 4.78 is 0. The van der Waals surface area contributed by atoms with E-state index in [-0.39, 0.29) is 17.5 Å². The number of hydrogen-bond acceptors (Lipinski definition) is 3. The van der Waals surface area contributed by atoms with Crippen molar-refractivity contribution in [3.63, 3.8) is 0 Å². The van der Waals surface area contributed by atoms with Crippen LogP contribution >= 0.6 is 12.6 Å². The van der Waals surface area contributed by atoms with E-state index in [1.54, 1.807) is 0 Å². The Kier molecular flexibility index (Phi) is 2.56. The summed E-state index contributed by atoms with van der Waals surface area (Å²) >= 11 is 4.05. The quantitative estimate of drug-likeness (QED) is 0.484. The van der Waals surface area contributed by atoms with Crippen molar-refractivity contribution in [2.45, 2.75) is 32.4 Å². The molecule has 1 saturated heterocycles. The van der Waals surface area contributed by atoms with Gasteiger partial charge in [0.05, 0.1) is 0 Å². The molecule has 0 aromatic carbocycles. The summed E-state index contributed by atoms with van der Waals surface area (Å²) in [5, 5.41) is 2.27. The second-order valence-electron chi connectivity index (χ2n) is 4.03. The predicted molar refractivity (Wildman–Crippen MR) is 52.8 cm³/mol. The zero-order valence-electron chi connectivity index (χ0n) is 8.00. The molecule has 0 saturated carbocycles. The Balaban J connectivity index is 2.94. The SMILES string of the molecule is CC(C)(C)N1C(=O)NC(=O)C1CS. The Hall–Kier alpha value is -0.710. The van der Waals surface area contributed by atoms with Gasteiger partial charge in [-0.2, -0.15) is 12.6 Å². The van der Waals surface area contributed by atoms with Crippen molar-refractivity contribution in [3.8, 4) is 0 Å². The Labute approximate surface area is 83.1 Å². The molecule has 0 aliphatic carbocycles. The average molecular weight is 202 g/mol. The van der Waals surface area contributed by atoms with Crippen LogP contribution in [0.5, 0.6) is 0 Å². The molecule has 0 aromatic rings. The summed E-state index contributed by atoms with van der Waals surface area (Å²) in [7, 11) is 0. The molecule has 0 radical (unpaired) electrons. The number of rotatable bonds is 1. The Bertz CT molecular complexity index is 247. The van der Waals surface area contributed by atoms with Gasteiger partial charge in [0, 0.05) is 11.3 Å². The van der Waals surface area contributed by atoms with E-state index in [4.69, 9.17) is 0 Å². The minimum atomic E-state index is -0.434. The van der Waals surface area contributed by atoms with Crippen LogP contribution in [-0.4, -0.2) is 34.2 Å². The van der Waals surface area contributed by atoms with Crippen molar-refractivity contribution < 1.29 is 9.59 Å². The van der Waals surface area contributed by atoms with Gasteiger partial charge in [0.2, 0.25) is 0 Å². The maximum Gasteiger partial charge on any atom is 0.325 e. The molecule has 0 bridgehead atoms. The summed E-state index contributed by atoms with van der Waals surface area (Å²) in [6.07, 6.45) is 0. The molecule has 1 aliphatic heterocycles. The Morgan fingerprint density at radius 2 is 2.00 bits per heavy atom. The maximum atomic E-state index is 11.4. The van der Waals surface area contributed by atoms with E-state index in [0.29, 0.717) is 5.75 Å². The first-order valence-corrected chi connectivity index (χ1v) is 4.76. The number of imide groups is 1. The summed E-state index contributed by atoms with van der Waals surface area (Å²) in [6, 6.07) is -0.757. The van der Waals surface area contributed by atoms with Crippen molar-refractivity contribution >= 4 is 24.6 Å². The van der Waals surface area contributed by atoms with Crippen molar-refractivity contribution in [2.24, 2.45) is 0 Å². The van der Waals surface area contributed by atoms with E-state index < -0.39 is 6.04 Å². The first kappa shape index (κ1) is 10.4. The number of thiol groups is 1. The molecule has 1 heterocycles. The van der Waals surface area contributed by atoms with Gasteiger partial charge in [-0.25, -0.2) is 4.79 Å². The monoisotopic (exact) mass is 202 g/mol. The van der Waals surface area contributed by atoms with Gasteiger partial charge in [0.25, 0.3) is 5.91 Å². The van der Waals surface area contributed by atoms with Crippen molar-refractivity contribution in [2.75, 3.05) is 5.75 Å². The minimum absolute atomic E-state index is 0.255. The molecule has 1 rings (SSSR count). The molecule has 74 valence electrons. The van der Waals surface area contributed by atoms with Crippen LogP contribution in [0.25, 0.3) is 0 Å². The highest BCUT2D eigenvalue weighted by molar-refractivity contribution is 7.80. The van der Waals surface area contributed by atoms with Gasteiger partial charge in [-0.15, -0.1) is 0 Å². The molecule has 5 heteroatoms. The molecule has 1 unspecified atom stereocenters. The molecule has 1 atom stereocenters. The van der Waals surface area contributed by atoms with Crippen LogP contribution in [-0.2, 0) is 4.79 Å². The number of nitrogens with zero attached hydrogens (tertiary/aromatic N) is 1. The number of hydrogen-bond donors (Lipinski definition) is 2. The minimum Gasteiger partial charge on any atom is -0.307 e. The maximum absolute atomic E-state index is 11.4. The Morgan fingerprint density at radius 1 is 1.46 bits per heavy atom. The van der Waals surface area contributed by atoms with Gasteiger partial charge in [-0.05, 0) is 20.8 Å². The molecule has 0 aromatic heterocycles. The lowest BCUT2D eigenvalue weighted by Crippen LogP contribution is -2.49. The second-order valence-corrected chi connectivity index (χ2v) is 4.40. The number of carbonyl (C=O) groups excluding carboxylic acids is 2. The average Bonchev–Trinajstić information content (AvgIpc) is 2.23. The lowest BCUT2D eigenvalue weighted by Gasteiger charge is -2.34. The largest absolute Gasteiger partial charge is 0.325 e. The molecule has 13 heavy (non-hydrogen) atoms. The van der Waals surface area contributed by atoms with E-state index in [0.717, 1.165) is 0 Å². The molecule has 1 fully saturated rings. The molecule has 4 nitrogen and oxygen atoms in total. The summed E-state index contributed by atoms with van der Waals surface area (Å²) in [6.45, 7) is 5.67. The van der Waals surface area contributed by atoms with Crippen LogP contribution in [0.15, 0.2) is 0 Å². The van der Waals surface area contributed by atoms with Crippen LogP contribution in [0, 0.1) is 0 Å². The van der Waals surface area contributed by atoms with Crippen LogP contribution < -0.4 is 5.32 Å². The third-order valence-electron chi connectivity index (χ3n) is 1.96. The van der Waals surface area contributed by atoms with Crippen LogP contribution in [0.3, 0.4) is 0 Å². The van der Waals surface area contributed by atoms with Gasteiger partial charge >= 0.3 is 6.03 Å². The fourth-order valence-electron chi connectivity index (χ4n) is 1.44. The highest BCUT2D eigenvalue weighted by Gasteiger charge is 2.43. The van der Waals surface area contributed by atoms with E-state index in [2.05, 4.69) is 17.9 Å². The number of carbonyl (C=O) groups is 2. The lowest BCUT2D eigenvalue weighted by molar-refractivity contribution is -0.121. The first-order valence-electron chi connectivity index (χ1n) is 4.13. The summed E-state index contributed by atoms with van der Waals surface area (Å²) in [4.78, 5) is 24.1. The number of amides is 3. The molecule has 3 amide bonds. The first-order chi connectivity index (χ1) is 5.88. The van der Waals surface area contributed by atoms with Crippen LogP contribution in [0.4, 0.5) is 4.79 Å². The smallest absolute Gasteiger partial charge is 0.307 e. The highest BCUT2D eigenvalue weighted by atomic mass is 32.1. The zero-order valence-corrected chi connectivity index (χ0v) is 8.89. The van der Waals surface area contributed by atoms with E-state index in [9.17, 15) is 9.59 Å². The second kappa shape index (κ2) is 3.21. The van der Waals surface area contributed by atoms with Crippen molar-refractivity contribution in [1.29, 1.82) is 0 Å². The third kappa shape index (κ3) is 1.80. The highest BCUT2D eigenvalue weighted by Crippen LogP contribution is 2.21. The van der Waals surface area contributed by atoms with Gasteiger partial charge < -0.3 is 4.90 Å². The van der Waals surface area contributed by atoms with E-state index >= 15 is 0 Å². The molecule has 1 aliphatic rings. The topological polar surface area (TPSA) is 49.4 Å². The molecule has 0 spiro atoms. The fraction of sp³-hybridized carbons (Fsp3) is 0.750. The van der Waals surface area contributed by atoms with Gasteiger partial charge in [0.15, 0.2) is 0 Å². The summed E-state index contributed by atoms with van der Waals surface area (Å²) in [5.41, 5.74) is -0.344. The normalized spacial score (nSPS) is 23.7. The van der Waals surface area contributed by atoms with Crippen LogP contribution in [0.1, 0.15) is 20.8 Å². The fourth-order valence-corrected chi connectivity index (χ4v) is 1.77. The predicted octanol–water partition coefficient (Wildman–Crippen LogP) is 0.635. The molecular formula is C8H14N2O2S. The van der Waals surface area contributed by atoms with Crippen molar-refractivity contribution in [3.05, 3.63) is 0 Å². The standard InChI is InChI=1S/C8H14N2O2S/c1-8(2,3)10-5(4-13)6(11)9-7(10)12/h5,13H,4H2,1-3H3,(H,9,11,12). The number of nitrogens with one attached hydrogen (secondary N) is 1. The van der Waals surface area contributed by atoms with Gasteiger partial charge in [0.1, 0.15) is 6.04 Å². The van der Waals surface area contributed by atoms with E-state index in [1.807, 2.05) is 20.8 Å². The third-order valence-corrected chi connectivity index (χ3v) is 2.30. The lowest BCUT2D eigenvalue weighted by atomic mass is 10.1.